The molecule has 4 saturated carbocycles. The van der Waals surface area contributed by atoms with E-state index in [0.717, 1.165) is 44.9 Å². The molecule has 24 atom stereocenters. The van der Waals surface area contributed by atoms with Crippen molar-refractivity contribution in [1.82, 2.24) is 0 Å². The summed E-state index contributed by atoms with van der Waals surface area (Å²) < 4.78 is 35.5. The third kappa shape index (κ3) is 7.62. The van der Waals surface area contributed by atoms with E-state index < -0.39 is 117 Å². The molecule has 3 saturated heterocycles. The van der Waals surface area contributed by atoms with E-state index in [0.29, 0.717) is 24.7 Å². The van der Waals surface area contributed by atoms with Gasteiger partial charge in [-0.15, -0.1) is 0 Å². The van der Waals surface area contributed by atoms with Crippen LogP contribution in [0.15, 0.2) is 11.6 Å². The van der Waals surface area contributed by atoms with Crippen LogP contribution in [0.1, 0.15) is 91.9 Å². The van der Waals surface area contributed by atoms with Crippen LogP contribution in [0.4, 0.5) is 0 Å². The van der Waals surface area contributed by atoms with E-state index in [1.165, 1.54) is 5.57 Å². The third-order valence-electron chi connectivity index (χ3n) is 17.7. The molecule has 8 rings (SSSR count). The number of aliphatic carboxylic acids is 1. The zero-order valence-corrected chi connectivity index (χ0v) is 36.1. The summed E-state index contributed by atoms with van der Waals surface area (Å²) in [5, 5.41) is 116. The maximum Gasteiger partial charge on any atom is 0.338 e. The van der Waals surface area contributed by atoms with Gasteiger partial charge in [0.25, 0.3) is 0 Å². The predicted molar refractivity (Wildman–Crippen MR) is 212 cm³/mol. The van der Waals surface area contributed by atoms with E-state index in [1.807, 2.05) is 0 Å². The number of carboxylic acid groups (broad SMARTS) is 1. The average Bonchev–Trinajstić information content (AvgIpc) is 3.50. The summed E-state index contributed by atoms with van der Waals surface area (Å²) >= 11 is 0. The Kier molecular flexibility index (Phi) is 13.2. The van der Waals surface area contributed by atoms with Gasteiger partial charge in [-0.05, 0) is 104 Å². The first kappa shape index (κ1) is 47.1. The number of fused-ring (bicyclic) bond motifs is 7. The van der Waals surface area contributed by atoms with Crippen LogP contribution in [0.5, 0.6) is 0 Å². The summed E-state index contributed by atoms with van der Waals surface area (Å²) in [5.41, 5.74) is 1.15. The van der Waals surface area contributed by atoms with Crippen molar-refractivity contribution >= 4 is 5.97 Å². The first-order valence-electron chi connectivity index (χ1n) is 22.8. The zero-order valence-electron chi connectivity index (χ0n) is 36.1. The highest BCUT2D eigenvalue weighted by molar-refractivity contribution is 5.74. The number of rotatable bonds is 10. The van der Waals surface area contributed by atoms with Crippen LogP contribution in [0.3, 0.4) is 0 Å². The molecule has 62 heavy (non-hydrogen) atoms. The Balaban J connectivity index is 1.04. The lowest BCUT2D eigenvalue weighted by Crippen LogP contribution is -2.66. The Morgan fingerprint density at radius 1 is 0.742 bits per heavy atom. The largest absolute Gasteiger partial charge is 0.479 e. The van der Waals surface area contributed by atoms with Gasteiger partial charge < -0.3 is 84.6 Å². The van der Waals surface area contributed by atoms with Gasteiger partial charge in [-0.3, -0.25) is 0 Å². The van der Waals surface area contributed by atoms with Crippen LogP contribution in [0, 0.1) is 51.8 Å². The standard InChI is InChI=1S/C44H70O18/c1-19-13-24-21-5-6-30-41(3)11-9-26(20(2)22(41)7-10-42(30,4)23(21)8-12-43(24,18-47)14-25(19)48)57-38-27(58-39-35(53)33(51)31(49)28(16-45)59-39)15-44(56,36(61-38)37(54)55)62-40-34(52)32(50)29(17-46)60-40/h5,19-20,22-36,38-40,45-53,56H,6-18H2,1-4H3,(H,54,55)/t19-,20-,22?,23?,24?,25+,26+,27?,28?,29?,30?,31+,32?,33?,34?,35?,36?,38-,39-,40+,41+,42+,43+,44-/m1/s1. The maximum atomic E-state index is 12.8. The Morgan fingerprint density at radius 3 is 2.03 bits per heavy atom. The lowest BCUT2D eigenvalue weighted by molar-refractivity contribution is -0.410. The molecule has 0 amide bonds. The SMILES string of the molecule is C[C@@H]1CC2C3=CCC4[C@@](C)(CCC5[C@@H](C)[C@@H](O[C@@H]6OC(C(=O)O)[C@](O)(O[C@@H]7OC(CO)C(O)C7O)CC6O[C@@H]6OC(CO)[C@H](O)C(O)C6O)CC[C@@]54C)C3CC[C@@]2(CO)C[C@@H]1O. The molecule has 8 aliphatic rings. The smallest absolute Gasteiger partial charge is 0.338 e. The van der Waals surface area contributed by atoms with Gasteiger partial charge in [0.05, 0.1) is 25.4 Å². The van der Waals surface area contributed by atoms with Crippen molar-refractivity contribution in [2.75, 3.05) is 19.8 Å². The molecule has 7 fully saturated rings. The van der Waals surface area contributed by atoms with Gasteiger partial charge in [-0.25, -0.2) is 4.79 Å². The normalized spacial score (nSPS) is 55.3. The molecular weight excluding hydrogens is 816 g/mol. The van der Waals surface area contributed by atoms with Crippen molar-refractivity contribution < 1.29 is 89.4 Å². The van der Waals surface area contributed by atoms with Crippen LogP contribution in [-0.4, -0.2) is 174 Å². The van der Waals surface area contributed by atoms with Gasteiger partial charge in [0.2, 0.25) is 11.9 Å². The minimum Gasteiger partial charge on any atom is -0.479 e. The third-order valence-corrected chi connectivity index (χ3v) is 17.7. The summed E-state index contributed by atoms with van der Waals surface area (Å²) in [5.74, 6) is -3.19. The highest BCUT2D eigenvalue weighted by Crippen LogP contribution is 2.70. The highest BCUT2D eigenvalue weighted by Gasteiger charge is 2.65. The van der Waals surface area contributed by atoms with Crippen molar-refractivity contribution in [3.63, 3.8) is 0 Å². The number of carbonyl (C=O) groups is 1. The second-order valence-electron chi connectivity index (χ2n) is 20.8. The van der Waals surface area contributed by atoms with E-state index in [1.54, 1.807) is 0 Å². The number of ether oxygens (including phenoxy) is 6. The zero-order chi connectivity index (χ0) is 44.8. The number of hydrogen-bond acceptors (Lipinski definition) is 17. The van der Waals surface area contributed by atoms with Gasteiger partial charge in [0, 0.05) is 18.4 Å². The van der Waals surface area contributed by atoms with E-state index in [4.69, 9.17) is 28.4 Å². The Morgan fingerprint density at radius 2 is 1.37 bits per heavy atom. The van der Waals surface area contributed by atoms with Crippen molar-refractivity contribution in [1.29, 1.82) is 0 Å². The van der Waals surface area contributed by atoms with E-state index >= 15 is 0 Å². The fourth-order valence-corrected chi connectivity index (χ4v) is 14.1. The lowest BCUT2D eigenvalue weighted by Gasteiger charge is -2.66. The molecule has 0 aromatic heterocycles. The van der Waals surface area contributed by atoms with Gasteiger partial charge in [0.15, 0.2) is 18.9 Å². The molecule has 3 heterocycles. The molecule has 18 nitrogen and oxygen atoms in total. The Hall–Kier alpha value is -1.43. The molecule has 12 unspecified atom stereocenters. The summed E-state index contributed by atoms with van der Waals surface area (Å²) in [6.45, 7) is 7.70. The van der Waals surface area contributed by atoms with Crippen LogP contribution in [0.25, 0.3) is 0 Å². The van der Waals surface area contributed by atoms with E-state index in [2.05, 4.69) is 33.8 Å². The number of carboxylic acids is 1. The average molecular weight is 887 g/mol. The predicted octanol–water partition coefficient (Wildman–Crippen LogP) is -0.505. The molecule has 0 radical (unpaired) electrons. The lowest BCUT2D eigenvalue weighted by atomic mass is 9.38. The molecule has 11 N–H and O–H groups in total. The van der Waals surface area contributed by atoms with Crippen LogP contribution >= 0.6 is 0 Å². The van der Waals surface area contributed by atoms with Crippen LogP contribution < -0.4 is 0 Å². The minimum absolute atomic E-state index is 0.0312. The number of aliphatic hydroxyl groups is 10. The highest BCUT2D eigenvalue weighted by atomic mass is 16.8. The monoisotopic (exact) mass is 886 g/mol. The number of allylic oxidation sites excluding steroid dienone is 2. The summed E-state index contributed by atoms with van der Waals surface area (Å²) in [6, 6.07) is 0. The second-order valence-corrected chi connectivity index (χ2v) is 20.8. The van der Waals surface area contributed by atoms with E-state index in [-0.39, 0.29) is 46.5 Å². The summed E-state index contributed by atoms with van der Waals surface area (Å²) in [4.78, 5) is 12.8. The molecular formula is C44H70O18. The second kappa shape index (κ2) is 17.3. The van der Waals surface area contributed by atoms with Gasteiger partial charge in [-0.2, -0.15) is 0 Å². The molecule has 0 bridgehead atoms. The molecule has 0 aromatic rings. The molecule has 3 aliphatic heterocycles. The first-order chi connectivity index (χ1) is 29.2. The van der Waals surface area contributed by atoms with Crippen LogP contribution in [0.2, 0.25) is 0 Å². The summed E-state index contributed by atoms with van der Waals surface area (Å²) in [6.07, 6.45) is -11.8. The van der Waals surface area contributed by atoms with E-state index in [9.17, 15) is 61.0 Å². The van der Waals surface area contributed by atoms with Gasteiger partial charge in [0.1, 0.15) is 48.8 Å². The number of hydrogen-bond donors (Lipinski definition) is 11. The molecule has 5 aliphatic carbocycles. The van der Waals surface area contributed by atoms with Gasteiger partial charge in [-0.1, -0.05) is 39.3 Å². The van der Waals surface area contributed by atoms with Crippen molar-refractivity contribution in [2.45, 2.75) is 184 Å². The van der Waals surface area contributed by atoms with Crippen molar-refractivity contribution in [3.05, 3.63) is 11.6 Å². The Bertz CT molecular complexity index is 1650. The first-order valence-corrected chi connectivity index (χ1v) is 22.8. The molecule has 18 heteroatoms. The van der Waals surface area contributed by atoms with Crippen molar-refractivity contribution in [3.8, 4) is 0 Å². The number of aliphatic hydroxyl groups excluding tert-OH is 9. The quantitative estimate of drug-likeness (QED) is 0.0749. The van der Waals surface area contributed by atoms with Crippen LogP contribution in [-0.2, 0) is 33.2 Å². The molecule has 0 aromatic carbocycles. The molecule has 354 valence electrons. The fourth-order valence-electron chi connectivity index (χ4n) is 14.1. The molecule has 0 spiro atoms. The fraction of sp³-hybridized carbons (Fsp3) is 0.932. The van der Waals surface area contributed by atoms with Crippen molar-refractivity contribution in [2.24, 2.45) is 51.8 Å². The maximum absolute atomic E-state index is 12.8. The Labute approximate surface area is 361 Å². The topological polar surface area (TPSA) is 295 Å². The summed E-state index contributed by atoms with van der Waals surface area (Å²) in [7, 11) is 0. The van der Waals surface area contributed by atoms with Gasteiger partial charge >= 0.3 is 5.97 Å². The minimum atomic E-state index is -2.83.